The first-order chi connectivity index (χ1) is 18.4. The van der Waals surface area contributed by atoms with Gasteiger partial charge in [-0.3, -0.25) is 4.79 Å². The normalized spacial score (nSPS) is 10.4. The van der Waals surface area contributed by atoms with Crippen LogP contribution in [0.5, 0.6) is 5.75 Å². The van der Waals surface area contributed by atoms with Crippen molar-refractivity contribution >= 4 is 29.3 Å². The Balaban J connectivity index is 1.63. The molecule has 1 aromatic heterocycles. The van der Waals surface area contributed by atoms with Gasteiger partial charge in [0.25, 0.3) is 0 Å². The number of benzene rings is 3. The molecule has 0 atom stereocenters. The Morgan fingerprint density at radius 1 is 0.947 bits per heavy atom. The summed E-state index contributed by atoms with van der Waals surface area (Å²) in [6.07, 6.45) is 0. The lowest BCUT2D eigenvalue weighted by atomic mass is 9.99. The summed E-state index contributed by atoms with van der Waals surface area (Å²) in [5.74, 6) is 0.0405. The number of hydrogen-bond donors (Lipinski definition) is 1. The minimum Gasteiger partial charge on any atom is -0.497 e. The third-order valence-electron chi connectivity index (χ3n) is 5.78. The highest BCUT2D eigenvalue weighted by Crippen LogP contribution is 2.35. The van der Waals surface area contributed by atoms with Gasteiger partial charge < -0.3 is 14.8 Å². The summed E-state index contributed by atoms with van der Waals surface area (Å²) in [7, 11) is 2.91. The van der Waals surface area contributed by atoms with Crippen molar-refractivity contribution in [2.24, 2.45) is 0 Å². The number of nitrogens with zero attached hydrogens (tertiary/aromatic N) is 2. The highest BCUT2D eigenvalue weighted by Gasteiger charge is 2.17. The minimum absolute atomic E-state index is 0.0415. The number of carbonyl (C=O) groups is 2. The Kier molecular flexibility index (Phi) is 8.41. The number of ether oxygens (including phenoxy) is 2. The number of aryl methyl sites for hydroxylation is 1. The van der Waals surface area contributed by atoms with E-state index in [0.29, 0.717) is 33.3 Å². The van der Waals surface area contributed by atoms with E-state index < -0.39 is 5.97 Å². The molecule has 0 saturated carbocycles. The molecule has 0 saturated heterocycles. The molecule has 0 unspecified atom stereocenters. The number of nitriles is 1. The smallest absolute Gasteiger partial charge is 0.337 e. The second-order valence-electron chi connectivity index (χ2n) is 8.35. The predicted molar refractivity (Wildman–Crippen MR) is 148 cm³/mol. The lowest BCUT2D eigenvalue weighted by molar-refractivity contribution is -0.113. The van der Waals surface area contributed by atoms with Crippen LogP contribution < -0.4 is 10.1 Å². The predicted octanol–water partition coefficient (Wildman–Crippen LogP) is 6.12. The van der Waals surface area contributed by atoms with E-state index >= 15 is 0 Å². The number of hydrogen-bond acceptors (Lipinski definition) is 7. The quantitative estimate of drug-likeness (QED) is 0.219. The number of pyridine rings is 1. The van der Waals surface area contributed by atoms with Gasteiger partial charge in [0, 0.05) is 16.8 Å². The molecular formula is C30H25N3O4S. The fourth-order valence-corrected chi connectivity index (χ4v) is 4.55. The molecule has 1 amide bonds. The number of methoxy groups -OCH3 is 2. The lowest BCUT2D eigenvalue weighted by Gasteiger charge is -2.13. The molecule has 3 aromatic carbocycles. The summed E-state index contributed by atoms with van der Waals surface area (Å²) in [4.78, 5) is 29.1. The van der Waals surface area contributed by atoms with Crippen LogP contribution in [0.4, 0.5) is 5.69 Å². The molecule has 0 aliphatic rings. The van der Waals surface area contributed by atoms with Crippen molar-refractivity contribution in [1.82, 2.24) is 4.98 Å². The zero-order valence-electron chi connectivity index (χ0n) is 21.1. The van der Waals surface area contributed by atoms with Crippen LogP contribution >= 0.6 is 11.8 Å². The summed E-state index contributed by atoms with van der Waals surface area (Å²) in [5, 5.41) is 13.4. The maximum absolute atomic E-state index is 12.7. The maximum atomic E-state index is 12.7. The van der Waals surface area contributed by atoms with Crippen molar-refractivity contribution in [3.8, 4) is 34.2 Å². The molecule has 190 valence electrons. The molecular weight excluding hydrogens is 498 g/mol. The first-order valence-corrected chi connectivity index (χ1v) is 12.7. The standard InChI is InChI=1S/C30H25N3O4S/c1-19-4-6-21(7-5-19)27-16-25(20-10-14-24(36-2)15-11-20)26(17-31)29(33-27)38-18-28(34)32-23-12-8-22(9-13-23)30(35)37-3/h4-16H,18H2,1-3H3,(H,32,34). The summed E-state index contributed by atoms with van der Waals surface area (Å²) in [5.41, 5.74) is 5.64. The number of amides is 1. The second-order valence-corrected chi connectivity index (χ2v) is 9.31. The van der Waals surface area contributed by atoms with E-state index in [9.17, 15) is 14.9 Å². The number of nitrogens with one attached hydrogen (secondary N) is 1. The van der Waals surface area contributed by atoms with Crippen molar-refractivity contribution in [3.05, 3.63) is 95.6 Å². The average Bonchev–Trinajstić information content (AvgIpc) is 2.96. The van der Waals surface area contributed by atoms with E-state index in [1.165, 1.54) is 18.9 Å². The number of aromatic nitrogens is 1. The van der Waals surface area contributed by atoms with Crippen LogP contribution in [0.2, 0.25) is 0 Å². The molecule has 0 bridgehead atoms. The van der Waals surface area contributed by atoms with Crippen LogP contribution in [0.3, 0.4) is 0 Å². The van der Waals surface area contributed by atoms with Gasteiger partial charge in [0.15, 0.2) is 0 Å². The number of esters is 1. The molecule has 4 rings (SSSR count). The van der Waals surface area contributed by atoms with Crippen LogP contribution in [0.25, 0.3) is 22.4 Å². The van der Waals surface area contributed by atoms with Gasteiger partial charge in [-0.1, -0.05) is 53.7 Å². The lowest BCUT2D eigenvalue weighted by Crippen LogP contribution is -2.14. The van der Waals surface area contributed by atoms with Crippen LogP contribution in [0, 0.1) is 18.3 Å². The van der Waals surface area contributed by atoms with Crippen molar-refractivity contribution in [1.29, 1.82) is 5.26 Å². The fourth-order valence-electron chi connectivity index (χ4n) is 3.74. The van der Waals surface area contributed by atoms with Crippen LogP contribution in [-0.2, 0) is 9.53 Å². The molecule has 7 nitrogen and oxygen atoms in total. The first kappa shape index (κ1) is 26.5. The van der Waals surface area contributed by atoms with Gasteiger partial charge in [-0.05, 0) is 55.0 Å². The van der Waals surface area contributed by atoms with Crippen molar-refractivity contribution < 1.29 is 19.1 Å². The Hall–Kier alpha value is -4.61. The fraction of sp³-hybridized carbons (Fsp3) is 0.133. The Bertz CT molecular complexity index is 1490. The monoisotopic (exact) mass is 523 g/mol. The second kappa shape index (κ2) is 12.1. The van der Waals surface area contributed by atoms with Crippen molar-refractivity contribution in [2.45, 2.75) is 11.9 Å². The number of carbonyl (C=O) groups excluding carboxylic acids is 2. The molecule has 1 heterocycles. The Labute approximate surface area is 225 Å². The number of thioether (sulfide) groups is 1. The van der Waals surface area contributed by atoms with Gasteiger partial charge in [-0.2, -0.15) is 5.26 Å². The summed E-state index contributed by atoms with van der Waals surface area (Å²) in [6.45, 7) is 2.02. The van der Waals surface area contributed by atoms with Gasteiger partial charge in [0.1, 0.15) is 16.8 Å². The molecule has 0 aliphatic heterocycles. The highest BCUT2D eigenvalue weighted by atomic mass is 32.2. The molecule has 0 fully saturated rings. The van der Waals surface area contributed by atoms with E-state index in [-0.39, 0.29) is 11.7 Å². The molecule has 0 radical (unpaired) electrons. The van der Waals surface area contributed by atoms with Gasteiger partial charge in [-0.25, -0.2) is 9.78 Å². The average molecular weight is 524 g/mol. The molecule has 0 spiro atoms. The molecule has 1 N–H and O–H groups in total. The maximum Gasteiger partial charge on any atom is 0.337 e. The van der Waals surface area contributed by atoms with E-state index in [1.807, 2.05) is 61.5 Å². The molecule has 38 heavy (non-hydrogen) atoms. The molecule has 4 aromatic rings. The Morgan fingerprint density at radius 3 is 2.21 bits per heavy atom. The molecule has 8 heteroatoms. The van der Waals surface area contributed by atoms with Crippen LogP contribution in [-0.4, -0.2) is 36.8 Å². The summed E-state index contributed by atoms with van der Waals surface area (Å²) < 4.78 is 9.98. The largest absolute Gasteiger partial charge is 0.497 e. The van der Waals surface area contributed by atoms with Gasteiger partial charge in [0.05, 0.1) is 36.8 Å². The third kappa shape index (κ3) is 6.20. The first-order valence-electron chi connectivity index (χ1n) is 11.7. The SMILES string of the molecule is COC(=O)c1ccc(NC(=O)CSc2nc(-c3ccc(C)cc3)cc(-c3ccc(OC)cc3)c2C#N)cc1. The van der Waals surface area contributed by atoms with E-state index in [1.54, 1.807) is 31.4 Å². The van der Waals surface area contributed by atoms with Crippen LogP contribution in [0.15, 0.2) is 83.9 Å². The summed E-state index contributed by atoms with van der Waals surface area (Å²) >= 11 is 1.19. The zero-order valence-corrected chi connectivity index (χ0v) is 22.0. The summed E-state index contributed by atoms with van der Waals surface area (Å²) in [6, 6.07) is 26.1. The van der Waals surface area contributed by atoms with Gasteiger partial charge in [0.2, 0.25) is 5.91 Å². The van der Waals surface area contributed by atoms with Crippen LogP contribution in [0.1, 0.15) is 21.5 Å². The Morgan fingerprint density at radius 2 is 1.61 bits per heavy atom. The number of anilines is 1. The minimum atomic E-state index is -0.449. The van der Waals surface area contributed by atoms with Gasteiger partial charge >= 0.3 is 5.97 Å². The highest BCUT2D eigenvalue weighted by molar-refractivity contribution is 8.00. The van der Waals surface area contributed by atoms with Crippen molar-refractivity contribution in [3.63, 3.8) is 0 Å². The van der Waals surface area contributed by atoms with E-state index in [2.05, 4.69) is 11.4 Å². The topological polar surface area (TPSA) is 101 Å². The zero-order chi connectivity index (χ0) is 27.1. The molecule has 0 aliphatic carbocycles. The third-order valence-corrected chi connectivity index (χ3v) is 6.75. The van der Waals surface area contributed by atoms with Gasteiger partial charge in [-0.15, -0.1) is 0 Å². The number of rotatable bonds is 8. The van der Waals surface area contributed by atoms with Crippen molar-refractivity contribution in [2.75, 3.05) is 25.3 Å². The van der Waals surface area contributed by atoms with E-state index in [0.717, 1.165) is 22.3 Å². The van der Waals surface area contributed by atoms with E-state index in [4.69, 9.17) is 14.5 Å².